The fourth-order valence-corrected chi connectivity index (χ4v) is 2.02. The molecule has 1 rings (SSSR count). The van der Waals surface area contributed by atoms with Gasteiger partial charge in [0.1, 0.15) is 10.8 Å². The first-order valence-corrected chi connectivity index (χ1v) is 6.40. The highest BCUT2D eigenvalue weighted by molar-refractivity contribution is 7.80. The van der Waals surface area contributed by atoms with Crippen LogP contribution in [0.5, 0.6) is 0 Å². The lowest BCUT2D eigenvalue weighted by atomic mass is 10.1. The maximum absolute atomic E-state index is 13.3. The molecule has 0 unspecified atom stereocenters. The topological polar surface area (TPSA) is 49.5 Å². The number of hydrogen-bond acceptors (Lipinski definition) is 3. The van der Waals surface area contributed by atoms with Gasteiger partial charge in [-0.25, -0.2) is 4.39 Å². The van der Waals surface area contributed by atoms with Crippen molar-refractivity contribution >= 4 is 17.2 Å². The van der Waals surface area contributed by atoms with Gasteiger partial charge >= 0.3 is 0 Å². The molecule has 0 amide bonds. The number of aliphatic hydroxyl groups is 1. The summed E-state index contributed by atoms with van der Waals surface area (Å²) in [4.78, 5) is 2.40. The van der Waals surface area contributed by atoms with E-state index in [9.17, 15) is 4.39 Å². The fraction of sp³-hybridized carbons (Fsp3) is 0.462. The van der Waals surface area contributed by atoms with Gasteiger partial charge in [-0.15, -0.1) is 0 Å². The summed E-state index contributed by atoms with van der Waals surface area (Å²) in [5, 5.41) is 8.84. The van der Waals surface area contributed by atoms with E-state index in [1.54, 1.807) is 6.07 Å². The maximum atomic E-state index is 13.3. The summed E-state index contributed by atoms with van der Waals surface area (Å²) in [6.45, 7) is 4.35. The molecule has 0 aliphatic carbocycles. The third-order valence-electron chi connectivity index (χ3n) is 2.81. The van der Waals surface area contributed by atoms with Gasteiger partial charge in [0.2, 0.25) is 0 Å². The van der Waals surface area contributed by atoms with Gasteiger partial charge in [0.05, 0.1) is 0 Å². The molecule has 0 fully saturated rings. The summed E-state index contributed by atoms with van der Waals surface area (Å²) in [7, 11) is 0. The minimum atomic E-state index is -0.289. The predicted octanol–water partition coefficient (Wildman–Crippen LogP) is 1.66. The van der Waals surface area contributed by atoms with Gasteiger partial charge in [-0.3, -0.25) is 4.90 Å². The van der Waals surface area contributed by atoms with Crippen molar-refractivity contribution in [2.75, 3.05) is 19.7 Å². The Morgan fingerprint density at radius 1 is 1.50 bits per heavy atom. The molecular formula is C13H19FN2OS. The summed E-state index contributed by atoms with van der Waals surface area (Å²) < 4.78 is 13.3. The Morgan fingerprint density at radius 3 is 2.78 bits per heavy atom. The molecule has 0 saturated heterocycles. The summed E-state index contributed by atoms with van der Waals surface area (Å²) >= 11 is 4.97. The average molecular weight is 270 g/mol. The summed E-state index contributed by atoms with van der Waals surface area (Å²) in [5.41, 5.74) is 7.14. The molecule has 0 saturated carbocycles. The molecule has 0 spiro atoms. The number of aliphatic hydroxyl groups excluding tert-OH is 1. The van der Waals surface area contributed by atoms with Crippen LogP contribution in [0.15, 0.2) is 18.2 Å². The number of nitrogens with zero attached hydrogens (tertiary/aromatic N) is 1. The van der Waals surface area contributed by atoms with E-state index < -0.39 is 0 Å². The van der Waals surface area contributed by atoms with Crippen molar-refractivity contribution in [3.63, 3.8) is 0 Å². The second-order valence-electron chi connectivity index (χ2n) is 4.11. The molecular weight excluding hydrogens is 251 g/mol. The highest BCUT2D eigenvalue weighted by Crippen LogP contribution is 2.14. The standard InChI is InChI=1S/C13H19FN2OS/c1-2-16(6-3-7-17)9-10-8-11(14)4-5-12(10)13(15)18/h4-5,8,17H,2-3,6-7,9H2,1H3,(H2,15,18). The highest BCUT2D eigenvalue weighted by atomic mass is 32.1. The normalized spacial score (nSPS) is 10.9. The second kappa shape index (κ2) is 7.41. The summed E-state index contributed by atoms with van der Waals surface area (Å²) in [5.74, 6) is -0.289. The quantitative estimate of drug-likeness (QED) is 0.740. The van der Waals surface area contributed by atoms with E-state index in [4.69, 9.17) is 23.1 Å². The molecule has 0 aliphatic rings. The van der Waals surface area contributed by atoms with Crippen molar-refractivity contribution in [3.8, 4) is 0 Å². The van der Waals surface area contributed by atoms with E-state index in [0.717, 1.165) is 18.7 Å². The molecule has 18 heavy (non-hydrogen) atoms. The molecule has 3 nitrogen and oxygen atoms in total. The maximum Gasteiger partial charge on any atom is 0.123 e. The van der Waals surface area contributed by atoms with Crippen molar-refractivity contribution < 1.29 is 9.50 Å². The van der Waals surface area contributed by atoms with E-state index >= 15 is 0 Å². The molecule has 100 valence electrons. The van der Waals surface area contributed by atoms with Gasteiger partial charge in [0.15, 0.2) is 0 Å². The van der Waals surface area contributed by atoms with Gasteiger partial charge < -0.3 is 10.8 Å². The first-order valence-electron chi connectivity index (χ1n) is 6.00. The summed E-state index contributed by atoms with van der Waals surface area (Å²) in [6.07, 6.45) is 0.700. The number of benzene rings is 1. The zero-order chi connectivity index (χ0) is 13.5. The lowest BCUT2D eigenvalue weighted by Gasteiger charge is -2.21. The van der Waals surface area contributed by atoms with Crippen LogP contribution < -0.4 is 5.73 Å². The lowest BCUT2D eigenvalue weighted by molar-refractivity contribution is 0.225. The Kier molecular flexibility index (Phi) is 6.18. The van der Waals surface area contributed by atoms with Crippen molar-refractivity contribution in [2.24, 2.45) is 5.73 Å². The van der Waals surface area contributed by atoms with Crippen molar-refractivity contribution in [1.82, 2.24) is 4.90 Å². The number of halogens is 1. The Bertz CT molecular complexity index is 412. The van der Waals surface area contributed by atoms with Gasteiger partial charge in [0.25, 0.3) is 0 Å². The van der Waals surface area contributed by atoms with Crippen LogP contribution in [0.2, 0.25) is 0 Å². The van der Waals surface area contributed by atoms with Crippen LogP contribution in [0.25, 0.3) is 0 Å². The summed E-state index contributed by atoms with van der Waals surface area (Å²) in [6, 6.07) is 4.45. The molecule has 5 heteroatoms. The molecule has 0 aliphatic heterocycles. The smallest absolute Gasteiger partial charge is 0.123 e. The Balaban J connectivity index is 2.86. The second-order valence-corrected chi connectivity index (χ2v) is 4.55. The van der Waals surface area contributed by atoms with Gasteiger partial charge in [0, 0.05) is 25.3 Å². The molecule has 0 aromatic heterocycles. The minimum absolute atomic E-state index is 0.155. The van der Waals surface area contributed by atoms with Gasteiger partial charge in [-0.1, -0.05) is 19.1 Å². The van der Waals surface area contributed by atoms with E-state index in [1.807, 2.05) is 6.92 Å². The molecule has 3 N–H and O–H groups in total. The third-order valence-corrected chi connectivity index (χ3v) is 3.03. The average Bonchev–Trinajstić information content (AvgIpc) is 2.34. The Labute approximate surface area is 112 Å². The van der Waals surface area contributed by atoms with Crippen LogP contribution in [-0.4, -0.2) is 34.7 Å². The number of hydrogen-bond donors (Lipinski definition) is 2. The zero-order valence-corrected chi connectivity index (χ0v) is 11.3. The molecule has 1 aromatic carbocycles. The molecule has 0 atom stereocenters. The number of rotatable bonds is 7. The first kappa shape index (κ1) is 15.0. The Morgan fingerprint density at radius 2 is 2.22 bits per heavy atom. The molecule has 0 bridgehead atoms. The van der Waals surface area contributed by atoms with Crippen LogP contribution in [0, 0.1) is 5.82 Å². The van der Waals surface area contributed by atoms with Crippen LogP contribution in [0.3, 0.4) is 0 Å². The van der Waals surface area contributed by atoms with E-state index in [0.29, 0.717) is 18.5 Å². The SMILES string of the molecule is CCN(CCCO)Cc1cc(F)ccc1C(N)=S. The first-order chi connectivity index (χ1) is 8.58. The van der Waals surface area contributed by atoms with E-state index in [1.165, 1.54) is 12.1 Å². The van der Waals surface area contributed by atoms with E-state index in [-0.39, 0.29) is 17.4 Å². The van der Waals surface area contributed by atoms with Gasteiger partial charge in [-0.05, 0) is 36.7 Å². The highest BCUT2D eigenvalue weighted by Gasteiger charge is 2.10. The molecule has 0 heterocycles. The fourth-order valence-electron chi connectivity index (χ4n) is 1.82. The number of thiocarbonyl (C=S) groups is 1. The van der Waals surface area contributed by atoms with Crippen LogP contribution >= 0.6 is 12.2 Å². The van der Waals surface area contributed by atoms with Gasteiger partial charge in [-0.2, -0.15) is 0 Å². The van der Waals surface area contributed by atoms with Crippen molar-refractivity contribution in [2.45, 2.75) is 19.9 Å². The van der Waals surface area contributed by atoms with Crippen LogP contribution in [0.1, 0.15) is 24.5 Å². The van der Waals surface area contributed by atoms with E-state index in [2.05, 4.69) is 4.90 Å². The zero-order valence-electron chi connectivity index (χ0n) is 10.5. The largest absolute Gasteiger partial charge is 0.396 e. The van der Waals surface area contributed by atoms with Crippen molar-refractivity contribution in [3.05, 3.63) is 35.1 Å². The van der Waals surface area contributed by atoms with Crippen LogP contribution in [0.4, 0.5) is 4.39 Å². The monoisotopic (exact) mass is 270 g/mol. The number of nitrogens with two attached hydrogens (primary N) is 1. The lowest BCUT2D eigenvalue weighted by Crippen LogP contribution is -2.26. The van der Waals surface area contributed by atoms with Crippen molar-refractivity contribution in [1.29, 1.82) is 0 Å². The predicted molar refractivity (Wildman–Crippen MR) is 74.9 cm³/mol. The third kappa shape index (κ3) is 4.33. The molecule has 0 radical (unpaired) electrons. The minimum Gasteiger partial charge on any atom is -0.396 e. The Hall–Kier alpha value is -1.04. The molecule has 1 aromatic rings. The van der Waals surface area contributed by atoms with Crippen LogP contribution in [-0.2, 0) is 6.54 Å².